The predicted octanol–water partition coefficient (Wildman–Crippen LogP) is 3.90. The van der Waals surface area contributed by atoms with Crippen LogP contribution in [0.15, 0.2) is 59.8 Å². The maximum Gasteiger partial charge on any atom is 0.242 e. The number of hydrogen-bond acceptors (Lipinski definition) is 4. The minimum absolute atomic E-state index is 0.0827. The molecule has 128 valence electrons. The second-order valence-corrected chi connectivity index (χ2v) is 6.92. The van der Waals surface area contributed by atoms with Crippen LogP contribution in [-0.2, 0) is 11.8 Å². The summed E-state index contributed by atoms with van der Waals surface area (Å²) in [5, 5.41) is 11.6. The molecule has 2 aromatic carbocycles. The highest BCUT2D eigenvalue weighted by Crippen LogP contribution is 2.35. The summed E-state index contributed by atoms with van der Waals surface area (Å²) in [5.74, 6) is 0.731. The second kappa shape index (κ2) is 7.53. The molecule has 25 heavy (non-hydrogen) atoms. The number of nitrogens with zero attached hydrogens (tertiary/aromatic N) is 3. The van der Waals surface area contributed by atoms with Crippen molar-refractivity contribution in [2.45, 2.75) is 24.3 Å². The van der Waals surface area contributed by atoms with Gasteiger partial charge in [-0.3, -0.25) is 4.79 Å². The first-order valence-corrected chi connectivity index (χ1v) is 8.87. The maximum atomic E-state index is 12.9. The minimum Gasteiger partial charge on any atom is -0.325 e. The largest absolute Gasteiger partial charge is 0.325 e. The van der Waals surface area contributed by atoms with Crippen molar-refractivity contribution in [2.75, 3.05) is 5.32 Å². The molecule has 3 rings (SSSR count). The first kappa shape index (κ1) is 17.2. The molecule has 1 heterocycles. The Morgan fingerprint density at radius 2 is 1.72 bits per heavy atom. The molecular weight excluding hydrogens is 332 g/mol. The molecule has 1 atom stereocenters. The van der Waals surface area contributed by atoms with E-state index in [1.54, 1.807) is 0 Å². The van der Waals surface area contributed by atoms with Crippen molar-refractivity contribution in [1.82, 2.24) is 14.8 Å². The molecule has 0 bridgehead atoms. The Balaban J connectivity index is 1.86. The summed E-state index contributed by atoms with van der Waals surface area (Å²) in [6.45, 7) is 3.91. The van der Waals surface area contributed by atoms with Gasteiger partial charge in [0.2, 0.25) is 5.91 Å². The Hall–Kier alpha value is -2.60. The fraction of sp³-hybridized carbons (Fsp3) is 0.211. The van der Waals surface area contributed by atoms with E-state index in [1.807, 2.05) is 80.1 Å². The first-order valence-electron chi connectivity index (χ1n) is 7.99. The van der Waals surface area contributed by atoms with E-state index in [2.05, 4.69) is 15.5 Å². The lowest BCUT2D eigenvalue weighted by molar-refractivity contribution is -0.115. The number of thioether (sulfide) groups is 1. The molecule has 3 aromatic rings. The lowest BCUT2D eigenvalue weighted by Gasteiger charge is -2.16. The van der Waals surface area contributed by atoms with E-state index in [9.17, 15) is 4.79 Å². The summed E-state index contributed by atoms with van der Waals surface area (Å²) >= 11 is 1.40. The molecule has 1 aromatic heterocycles. The molecule has 0 saturated carbocycles. The quantitative estimate of drug-likeness (QED) is 0.708. The van der Waals surface area contributed by atoms with E-state index in [0.29, 0.717) is 5.16 Å². The van der Waals surface area contributed by atoms with Crippen LogP contribution < -0.4 is 5.32 Å². The zero-order chi connectivity index (χ0) is 17.8. The highest BCUT2D eigenvalue weighted by atomic mass is 32.2. The third-order valence-corrected chi connectivity index (χ3v) is 5.22. The number of carbonyl (C=O) groups is 1. The van der Waals surface area contributed by atoms with Crippen molar-refractivity contribution in [3.8, 4) is 0 Å². The van der Waals surface area contributed by atoms with Gasteiger partial charge in [-0.1, -0.05) is 59.8 Å². The highest BCUT2D eigenvalue weighted by molar-refractivity contribution is 8.00. The second-order valence-electron chi connectivity index (χ2n) is 5.85. The fourth-order valence-corrected chi connectivity index (χ4v) is 3.39. The SMILES string of the molecule is Cc1ccc(NC(=O)C(Sc2nnc(C)n2C)c2ccccc2)cc1. The summed E-state index contributed by atoms with van der Waals surface area (Å²) in [7, 11) is 1.90. The average molecular weight is 352 g/mol. The van der Waals surface area contributed by atoms with Gasteiger partial charge >= 0.3 is 0 Å². The van der Waals surface area contributed by atoms with Crippen LogP contribution in [0.3, 0.4) is 0 Å². The third-order valence-electron chi connectivity index (χ3n) is 3.94. The van der Waals surface area contributed by atoms with E-state index in [1.165, 1.54) is 11.8 Å². The van der Waals surface area contributed by atoms with Gasteiger partial charge in [0, 0.05) is 12.7 Å². The summed E-state index contributed by atoms with van der Waals surface area (Å²) < 4.78 is 1.89. The van der Waals surface area contributed by atoms with Gasteiger partial charge in [0.15, 0.2) is 5.16 Å². The van der Waals surface area contributed by atoms with Crippen LogP contribution in [0.2, 0.25) is 0 Å². The van der Waals surface area contributed by atoms with Crippen molar-refractivity contribution in [3.63, 3.8) is 0 Å². The predicted molar refractivity (Wildman–Crippen MR) is 101 cm³/mol. The molecule has 1 unspecified atom stereocenters. The smallest absolute Gasteiger partial charge is 0.242 e. The number of anilines is 1. The molecule has 5 nitrogen and oxygen atoms in total. The van der Waals surface area contributed by atoms with Gasteiger partial charge in [0.05, 0.1) is 0 Å². The lowest BCUT2D eigenvalue weighted by atomic mass is 10.1. The van der Waals surface area contributed by atoms with Gasteiger partial charge in [-0.15, -0.1) is 10.2 Å². The Labute approximate surface area is 151 Å². The number of benzene rings is 2. The molecule has 0 aliphatic carbocycles. The molecule has 1 amide bonds. The van der Waals surface area contributed by atoms with Crippen molar-refractivity contribution in [1.29, 1.82) is 0 Å². The standard InChI is InChI=1S/C19H20N4OS/c1-13-9-11-16(12-10-13)20-18(24)17(15-7-5-4-6-8-15)25-19-22-21-14(2)23(19)3/h4-12,17H,1-3H3,(H,20,24). The van der Waals surface area contributed by atoms with Crippen molar-refractivity contribution in [2.24, 2.45) is 7.05 Å². The molecule has 0 spiro atoms. The topological polar surface area (TPSA) is 59.8 Å². The van der Waals surface area contributed by atoms with Crippen LogP contribution in [0.4, 0.5) is 5.69 Å². The van der Waals surface area contributed by atoms with Crippen LogP contribution in [0, 0.1) is 13.8 Å². The van der Waals surface area contributed by atoms with Gasteiger partial charge in [0.25, 0.3) is 0 Å². The molecule has 0 saturated heterocycles. The van der Waals surface area contributed by atoms with E-state index in [0.717, 1.165) is 22.6 Å². The number of carbonyl (C=O) groups excluding carboxylic acids is 1. The van der Waals surface area contributed by atoms with E-state index < -0.39 is 5.25 Å². The fourth-order valence-electron chi connectivity index (χ4n) is 2.34. The van der Waals surface area contributed by atoms with Gasteiger partial charge in [-0.2, -0.15) is 0 Å². The number of aryl methyl sites for hydroxylation is 2. The van der Waals surface area contributed by atoms with Crippen molar-refractivity contribution in [3.05, 3.63) is 71.5 Å². The van der Waals surface area contributed by atoms with Crippen LogP contribution in [0.1, 0.15) is 22.2 Å². The summed E-state index contributed by atoms with van der Waals surface area (Å²) in [6, 6.07) is 17.5. The van der Waals surface area contributed by atoms with Crippen LogP contribution in [-0.4, -0.2) is 20.7 Å². The number of rotatable bonds is 5. The molecule has 1 N–H and O–H groups in total. The van der Waals surface area contributed by atoms with Crippen LogP contribution in [0.5, 0.6) is 0 Å². The molecule has 0 fully saturated rings. The molecule has 0 radical (unpaired) electrons. The van der Waals surface area contributed by atoms with E-state index >= 15 is 0 Å². The Morgan fingerprint density at radius 1 is 1.04 bits per heavy atom. The lowest BCUT2D eigenvalue weighted by Crippen LogP contribution is -2.19. The maximum absolute atomic E-state index is 12.9. The highest BCUT2D eigenvalue weighted by Gasteiger charge is 2.24. The van der Waals surface area contributed by atoms with Gasteiger partial charge < -0.3 is 9.88 Å². The molecular formula is C19H20N4OS. The first-order chi connectivity index (χ1) is 12.0. The van der Waals surface area contributed by atoms with Crippen LogP contribution in [0.25, 0.3) is 0 Å². The van der Waals surface area contributed by atoms with Gasteiger partial charge in [-0.25, -0.2) is 0 Å². The van der Waals surface area contributed by atoms with Gasteiger partial charge in [-0.05, 0) is 31.5 Å². The number of aromatic nitrogens is 3. The minimum atomic E-state index is -0.412. The molecule has 0 aliphatic heterocycles. The Morgan fingerprint density at radius 3 is 2.32 bits per heavy atom. The van der Waals surface area contributed by atoms with Crippen molar-refractivity contribution < 1.29 is 4.79 Å². The van der Waals surface area contributed by atoms with Gasteiger partial charge in [0.1, 0.15) is 11.1 Å². The zero-order valence-corrected chi connectivity index (χ0v) is 15.2. The number of nitrogens with one attached hydrogen (secondary N) is 1. The number of amides is 1. The van der Waals surface area contributed by atoms with E-state index in [4.69, 9.17) is 0 Å². The van der Waals surface area contributed by atoms with Crippen LogP contribution >= 0.6 is 11.8 Å². The number of hydrogen-bond donors (Lipinski definition) is 1. The van der Waals surface area contributed by atoms with Crippen molar-refractivity contribution >= 4 is 23.4 Å². The molecule has 6 heteroatoms. The van der Waals surface area contributed by atoms with E-state index in [-0.39, 0.29) is 5.91 Å². The molecule has 0 aliphatic rings. The monoisotopic (exact) mass is 352 g/mol. The zero-order valence-electron chi connectivity index (χ0n) is 14.4. The average Bonchev–Trinajstić information content (AvgIpc) is 2.94. The Kier molecular flexibility index (Phi) is 5.19. The summed E-state index contributed by atoms with van der Waals surface area (Å²) in [5.41, 5.74) is 2.87. The third kappa shape index (κ3) is 4.09. The summed E-state index contributed by atoms with van der Waals surface area (Å²) in [6.07, 6.45) is 0. The Bertz CT molecular complexity index is 859. The summed E-state index contributed by atoms with van der Waals surface area (Å²) in [4.78, 5) is 12.9. The normalized spacial score (nSPS) is 12.0.